The van der Waals surface area contributed by atoms with Gasteiger partial charge in [0.25, 0.3) is 5.88 Å². The van der Waals surface area contributed by atoms with E-state index in [1.807, 2.05) is 57.2 Å². The zero-order chi connectivity index (χ0) is 16.2. The summed E-state index contributed by atoms with van der Waals surface area (Å²) in [6.45, 7) is 5.85. The van der Waals surface area contributed by atoms with Gasteiger partial charge < -0.3 is 9.26 Å². The van der Waals surface area contributed by atoms with Crippen LogP contribution in [0.15, 0.2) is 34.9 Å². The maximum Gasteiger partial charge on any atom is 0.414 e. The van der Waals surface area contributed by atoms with Gasteiger partial charge in [0.2, 0.25) is 0 Å². The van der Waals surface area contributed by atoms with Crippen LogP contribution in [0.25, 0.3) is 0 Å². The van der Waals surface area contributed by atoms with Gasteiger partial charge in [-0.25, -0.2) is 4.79 Å². The first-order chi connectivity index (χ1) is 10.4. The van der Waals surface area contributed by atoms with Crippen LogP contribution in [-0.2, 0) is 16.8 Å². The van der Waals surface area contributed by atoms with Crippen molar-refractivity contribution in [3.05, 3.63) is 47.2 Å². The number of nitrogens with zero attached hydrogens (tertiary/aromatic N) is 2. The molecule has 2 rings (SSSR count). The second-order valence-corrected chi connectivity index (χ2v) is 5.78. The Kier molecular flexibility index (Phi) is 4.47. The van der Waals surface area contributed by atoms with Gasteiger partial charge in [0.15, 0.2) is 0 Å². The summed E-state index contributed by atoms with van der Waals surface area (Å²) >= 11 is 0. The Morgan fingerprint density at radius 2 is 2.05 bits per heavy atom. The second kappa shape index (κ2) is 6.31. The number of hydrogen-bond donors (Lipinski definition) is 1. The lowest BCUT2D eigenvalue weighted by Crippen LogP contribution is -2.16. The van der Waals surface area contributed by atoms with Gasteiger partial charge in [0.05, 0.1) is 0 Å². The Hall–Kier alpha value is -2.81. The number of amides is 1. The smallest absolute Gasteiger partial charge is 0.414 e. The number of carbonyl (C=O) groups is 1. The van der Waals surface area contributed by atoms with Crippen LogP contribution in [0, 0.1) is 11.3 Å². The average Bonchev–Trinajstić information content (AvgIpc) is 2.89. The predicted octanol–water partition coefficient (Wildman–Crippen LogP) is 3.59. The summed E-state index contributed by atoms with van der Waals surface area (Å²) in [5.74, 6) is 0.00508. The average molecular weight is 299 g/mol. The van der Waals surface area contributed by atoms with E-state index < -0.39 is 6.09 Å². The molecule has 0 aliphatic carbocycles. The van der Waals surface area contributed by atoms with Gasteiger partial charge in [-0.1, -0.05) is 56.3 Å². The topological polar surface area (TPSA) is 88.2 Å². The van der Waals surface area contributed by atoms with E-state index in [0.717, 1.165) is 5.56 Å². The minimum absolute atomic E-state index is 0.00508. The molecule has 0 aliphatic rings. The third-order valence-electron chi connectivity index (χ3n) is 2.94. The summed E-state index contributed by atoms with van der Waals surface area (Å²) in [4.78, 5) is 11.8. The molecule has 22 heavy (non-hydrogen) atoms. The van der Waals surface area contributed by atoms with E-state index in [0.29, 0.717) is 5.69 Å². The first kappa shape index (κ1) is 15.6. The molecule has 0 unspecified atom stereocenters. The molecule has 1 aromatic carbocycles. The number of aromatic nitrogens is 1. The van der Waals surface area contributed by atoms with Crippen molar-refractivity contribution < 1.29 is 14.1 Å². The SMILES string of the molecule is CC(C)(C)c1noc(NC(=O)OCc2ccccc2)c1C#N. The Labute approximate surface area is 128 Å². The van der Waals surface area contributed by atoms with Gasteiger partial charge in [0, 0.05) is 5.41 Å². The molecular formula is C16H17N3O3. The molecule has 0 atom stereocenters. The Morgan fingerprint density at radius 1 is 1.36 bits per heavy atom. The van der Waals surface area contributed by atoms with Crippen LogP contribution in [0.4, 0.5) is 10.7 Å². The van der Waals surface area contributed by atoms with Crippen molar-refractivity contribution in [2.45, 2.75) is 32.8 Å². The molecule has 0 radical (unpaired) electrons. The molecule has 1 N–H and O–H groups in total. The van der Waals surface area contributed by atoms with E-state index in [-0.39, 0.29) is 23.5 Å². The van der Waals surface area contributed by atoms with E-state index in [1.54, 1.807) is 0 Å². The predicted molar refractivity (Wildman–Crippen MR) is 80.2 cm³/mol. The van der Waals surface area contributed by atoms with Crippen LogP contribution >= 0.6 is 0 Å². The number of benzene rings is 1. The summed E-state index contributed by atoms with van der Waals surface area (Å²) < 4.78 is 10.1. The first-order valence-electron chi connectivity index (χ1n) is 6.80. The molecule has 1 amide bonds. The van der Waals surface area contributed by atoms with Crippen molar-refractivity contribution in [3.63, 3.8) is 0 Å². The van der Waals surface area contributed by atoms with Crippen molar-refractivity contribution in [1.29, 1.82) is 5.26 Å². The fraction of sp³-hybridized carbons (Fsp3) is 0.312. The molecule has 0 saturated heterocycles. The fourth-order valence-corrected chi connectivity index (χ4v) is 1.84. The van der Waals surface area contributed by atoms with Crippen LogP contribution in [0.5, 0.6) is 0 Å². The normalized spacial score (nSPS) is 10.8. The van der Waals surface area contributed by atoms with Crippen molar-refractivity contribution in [2.24, 2.45) is 0 Å². The maximum atomic E-state index is 11.8. The Balaban J connectivity index is 2.03. The molecule has 0 fully saturated rings. The van der Waals surface area contributed by atoms with Gasteiger partial charge in [-0.3, -0.25) is 5.32 Å². The molecule has 1 aromatic heterocycles. The molecule has 6 nitrogen and oxygen atoms in total. The van der Waals surface area contributed by atoms with Crippen LogP contribution in [0.1, 0.15) is 37.6 Å². The molecule has 2 aromatic rings. The third-order valence-corrected chi connectivity index (χ3v) is 2.94. The molecule has 0 aliphatic heterocycles. The van der Waals surface area contributed by atoms with Crippen molar-refractivity contribution in [3.8, 4) is 6.07 Å². The minimum Gasteiger partial charge on any atom is -0.444 e. The zero-order valence-electron chi connectivity index (χ0n) is 12.7. The fourth-order valence-electron chi connectivity index (χ4n) is 1.84. The number of rotatable bonds is 3. The Bertz CT molecular complexity index is 694. The number of ether oxygens (including phenoxy) is 1. The highest BCUT2D eigenvalue weighted by molar-refractivity contribution is 5.84. The standard InChI is InChI=1S/C16H17N3O3/c1-16(2,3)13-12(9-17)14(22-19-13)18-15(20)21-10-11-7-5-4-6-8-11/h4-8H,10H2,1-3H3,(H,18,20). The van der Waals surface area contributed by atoms with Gasteiger partial charge in [0.1, 0.15) is 23.9 Å². The van der Waals surface area contributed by atoms with Crippen LogP contribution < -0.4 is 5.32 Å². The highest BCUT2D eigenvalue weighted by Crippen LogP contribution is 2.29. The highest BCUT2D eigenvalue weighted by atomic mass is 16.6. The lowest BCUT2D eigenvalue weighted by atomic mass is 9.89. The molecule has 6 heteroatoms. The van der Waals surface area contributed by atoms with E-state index in [1.165, 1.54) is 0 Å². The summed E-state index contributed by atoms with van der Waals surface area (Å²) in [6.07, 6.45) is -0.697. The molecule has 1 heterocycles. The van der Waals surface area contributed by atoms with Crippen molar-refractivity contribution in [1.82, 2.24) is 5.16 Å². The van der Waals surface area contributed by atoms with Gasteiger partial charge in [-0.05, 0) is 5.56 Å². The number of hydrogen-bond acceptors (Lipinski definition) is 5. The van der Waals surface area contributed by atoms with Gasteiger partial charge in [-0.15, -0.1) is 0 Å². The lowest BCUT2D eigenvalue weighted by molar-refractivity contribution is 0.154. The summed E-state index contributed by atoms with van der Waals surface area (Å²) in [7, 11) is 0. The van der Waals surface area contributed by atoms with Crippen LogP contribution in [-0.4, -0.2) is 11.2 Å². The molecule has 0 spiro atoms. The van der Waals surface area contributed by atoms with Crippen LogP contribution in [0.3, 0.4) is 0 Å². The van der Waals surface area contributed by atoms with Crippen molar-refractivity contribution in [2.75, 3.05) is 5.32 Å². The number of nitrogens with one attached hydrogen (secondary N) is 1. The Morgan fingerprint density at radius 3 is 2.64 bits per heavy atom. The van der Waals surface area contributed by atoms with E-state index in [2.05, 4.69) is 10.5 Å². The third kappa shape index (κ3) is 3.64. The molecule has 0 bridgehead atoms. The molecule has 0 saturated carbocycles. The van der Waals surface area contributed by atoms with Gasteiger partial charge >= 0.3 is 6.09 Å². The summed E-state index contributed by atoms with van der Waals surface area (Å²) in [5.41, 5.74) is 1.21. The lowest BCUT2D eigenvalue weighted by Gasteiger charge is -2.13. The van der Waals surface area contributed by atoms with Crippen molar-refractivity contribution >= 4 is 12.0 Å². The maximum absolute atomic E-state index is 11.8. The number of carbonyl (C=O) groups excluding carboxylic acids is 1. The monoisotopic (exact) mass is 299 g/mol. The van der Waals surface area contributed by atoms with E-state index in [4.69, 9.17) is 9.26 Å². The zero-order valence-corrected chi connectivity index (χ0v) is 12.7. The minimum atomic E-state index is -0.697. The highest BCUT2D eigenvalue weighted by Gasteiger charge is 2.27. The van der Waals surface area contributed by atoms with Gasteiger partial charge in [-0.2, -0.15) is 5.26 Å². The second-order valence-electron chi connectivity index (χ2n) is 5.78. The largest absolute Gasteiger partial charge is 0.444 e. The number of nitriles is 1. The summed E-state index contributed by atoms with van der Waals surface area (Å²) in [5, 5.41) is 15.5. The quantitative estimate of drug-likeness (QED) is 0.935. The van der Waals surface area contributed by atoms with Crippen LogP contribution in [0.2, 0.25) is 0 Å². The van der Waals surface area contributed by atoms with E-state index >= 15 is 0 Å². The molecule has 114 valence electrons. The van der Waals surface area contributed by atoms with E-state index in [9.17, 15) is 10.1 Å². The first-order valence-corrected chi connectivity index (χ1v) is 6.80. The number of anilines is 1. The molecular weight excluding hydrogens is 282 g/mol. The summed E-state index contributed by atoms with van der Waals surface area (Å²) in [6, 6.07) is 11.3.